The molecule has 6 heteroatoms. The Balaban J connectivity index is 1.58. The van der Waals surface area contributed by atoms with Crippen LogP contribution in [-0.4, -0.2) is 15.9 Å². The summed E-state index contributed by atoms with van der Waals surface area (Å²) in [5.74, 6) is 0.170. The lowest BCUT2D eigenvalue weighted by molar-refractivity contribution is 0.0946. The molecule has 0 atom stereocenters. The number of benzene rings is 2. The minimum Gasteiger partial charge on any atom is -0.350 e. The summed E-state index contributed by atoms with van der Waals surface area (Å²) >= 11 is 5.85. The van der Waals surface area contributed by atoms with Crippen LogP contribution in [0.5, 0.6) is 0 Å². The summed E-state index contributed by atoms with van der Waals surface area (Å²) in [6, 6.07) is 18.8. The Morgan fingerprint density at radius 2 is 1.64 bits per heavy atom. The molecule has 0 spiro atoms. The Kier molecular flexibility index (Phi) is 5.59. The molecule has 0 aliphatic heterocycles. The predicted octanol–water partition coefficient (Wildman–Crippen LogP) is 3.67. The van der Waals surface area contributed by atoms with Gasteiger partial charge < -0.3 is 10.6 Å². The van der Waals surface area contributed by atoms with Crippen molar-refractivity contribution >= 4 is 23.5 Å². The van der Waals surface area contributed by atoms with Crippen LogP contribution in [0.4, 0.5) is 5.95 Å². The molecule has 25 heavy (non-hydrogen) atoms. The van der Waals surface area contributed by atoms with E-state index in [9.17, 15) is 4.79 Å². The maximum absolute atomic E-state index is 12.3. The smallest absolute Gasteiger partial charge is 0.270 e. The number of nitrogens with one attached hydrogen (secondary N) is 2. The first-order chi connectivity index (χ1) is 12.2. The third-order valence-electron chi connectivity index (χ3n) is 3.55. The summed E-state index contributed by atoms with van der Waals surface area (Å²) in [6.45, 7) is 1.00. The second kappa shape index (κ2) is 8.26. The molecule has 0 radical (unpaired) electrons. The van der Waals surface area contributed by atoms with Crippen molar-refractivity contribution in [1.82, 2.24) is 15.3 Å². The van der Waals surface area contributed by atoms with Gasteiger partial charge in [-0.3, -0.25) is 4.79 Å². The number of carbonyl (C=O) groups excluding carboxylic acids is 1. The summed E-state index contributed by atoms with van der Waals surface area (Å²) in [4.78, 5) is 20.7. The number of amides is 1. The maximum Gasteiger partial charge on any atom is 0.270 e. The van der Waals surface area contributed by atoms with Crippen LogP contribution in [0, 0.1) is 0 Å². The van der Waals surface area contributed by atoms with Crippen molar-refractivity contribution in [2.24, 2.45) is 0 Å². The van der Waals surface area contributed by atoms with Crippen LogP contribution < -0.4 is 10.6 Å². The molecule has 1 aromatic heterocycles. The standard InChI is InChI=1S/C19H17ClN4O/c20-16-8-6-15(7-9-16)12-22-18(25)17-10-11-21-19(24-17)23-13-14-4-2-1-3-5-14/h1-11H,12-13H2,(H,22,25)(H,21,23,24). The fourth-order valence-electron chi connectivity index (χ4n) is 2.22. The zero-order chi connectivity index (χ0) is 17.5. The molecular formula is C19H17ClN4O. The average Bonchev–Trinajstić information content (AvgIpc) is 2.67. The highest BCUT2D eigenvalue weighted by atomic mass is 35.5. The predicted molar refractivity (Wildman–Crippen MR) is 98.4 cm³/mol. The zero-order valence-electron chi connectivity index (χ0n) is 13.4. The van der Waals surface area contributed by atoms with Gasteiger partial charge in [0.2, 0.25) is 5.95 Å². The third kappa shape index (κ3) is 5.02. The molecule has 0 saturated carbocycles. The molecule has 0 aliphatic rings. The lowest BCUT2D eigenvalue weighted by Crippen LogP contribution is -2.24. The summed E-state index contributed by atoms with van der Waals surface area (Å²) in [6.07, 6.45) is 1.57. The van der Waals surface area contributed by atoms with E-state index in [2.05, 4.69) is 20.6 Å². The minimum atomic E-state index is -0.250. The van der Waals surface area contributed by atoms with E-state index in [-0.39, 0.29) is 5.91 Å². The minimum absolute atomic E-state index is 0.250. The molecule has 2 aromatic carbocycles. The molecule has 0 saturated heterocycles. The van der Waals surface area contributed by atoms with Gasteiger partial charge in [-0.05, 0) is 29.3 Å². The van der Waals surface area contributed by atoms with Crippen molar-refractivity contribution in [1.29, 1.82) is 0 Å². The molecule has 126 valence electrons. The van der Waals surface area contributed by atoms with Gasteiger partial charge in [0.1, 0.15) is 5.69 Å². The van der Waals surface area contributed by atoms with Gasteiger partial charge in [0.25, 0.3) is 5.91 Å². The molecule has 0 aliphatic carbocycles. The van der Waals surface area contributed by atoms with Crippen molar-refractivity contribution in [3.05, 3.63) is 88.7 Å². The topological polar surface area (TPSA) is 66.9 Å². The van der Waals surface area contributed by atoms with Gasteiger partial charge in [0, 0.05) is 24.3 Å². The van der Waals surface area contributed by atoms with E-state index in [1.54, 1.807) is 24.4 Å². The van der Waals surface area contributed by atoms with E-state index >= 15 is 0 Å². The van der Waals surface area contributed by atoms with Gasteiger partial charge in [-0.15, -0.1) is 0 Å². The molecule has 3 aromatic rings. The molecule has 0 fully saturated rings. The summed E-state index contributed by atoms with van der Waals surface area (Å²) in [5, 5.41) is 6.62. The van der Waals surface area contributed by atoms with Gasteiger partial charge in [-0.25, -0.2) is 9.97 Å². The Morgan fingerprint density at radius 1 is 0.920 bits per heavy atom. The van der Waals surface area contributed by atoms with Crippen molar-refractivity contribution in [2.75, 3.05) is 5.32 Å². The fraction of sp³-hybridized carbons (Fsp3) is 0.105. The van der Waals surface area contributed by atoms with Crippen molar-refractivity contribution < 1.29 is 4.79 Å². The van der Waals surface area contributed by atoms with Crippen LogP contribution in [0.25, 0.3) is 0 Å². The van der Waals surface area contributed by atoms with Crippen LogP contribution in [0.1, 0.15) is 21.6 Å². The van der Waals surface area contributed by atoms with Gasteiger partial charge in [-0.1, -0.05) is 54.1 Å². The Labute approximate surface area is 151 Å². The normalized spacial score (nSPS) is 10.3. The Hall–Kier alpha value is -2.92. The highest BCUT2D eigenvalue weighted by Gasteiger charge is 2.08. The monoisotopic (exact) mass is 352 g/mol. The summed E-state index contributed by atoms with van der Waals surface area (Å²) in [5.41, 5.74) is 2.40. The number of rotatable bonds is 6. The highest BCUT2D eigenvalue weighted by molar-refractivity contribution is 6.30. The lowest BCUT2D eigenvalue weighted by atomic mass is 10.2. The number of halogens is 1. The first kappa shape index (κ1) is 16.9. The Bertz CT molecular complexity index is 838. The maximum atomic E-state index is 12.3. The van der Waals surface area contributed by atoms with Crippen molar-refractivity contribution in [3.8, 4) is 0 Å². The van der Waals surface area contributed by atoms with Crippen LogP contribution in [0.2, 0.25) is 5.02 Å². The van der Waals surface area contributed by atoms with Crippen LogP contribution >= 0.6 is 11.6 Å². The number of carbonyl (C=O) groups is 1. The van der Waals surface area contributed by atoms with Gasteiger partial charge in [0.05, 0.1) is 0 Å². The van der Waals surface area contributed by atoms with Crippen LogP contribution in [0.15, 0.2) is 66.9 Å². The first-order valence-corrected chi connectivity index (χ1v) is 8.22. The third-order valence-corrected chi connectivity index (χ3v) is 3.80. The second-order valence-corrected chi connectivity index (χ2v) is 5.85. The molecule has 5 nitrogen and oxygen atoms in total. The van der Waals surface area contributed by atoms with E-state index in [4.69, 9.17) is 11.6 Å². The number of nitrogens with zero attached hydrogens (tertiary/aromatic N) is 2. The number of anilines is 1. The molecule has 0 bridgehead atoms. The summed E-state index contributed by atoms with van der Waals surface area (Å²) < 4.78 is 0. The molecule has 2 N–H and O–H groups in total. The molecular weight excluding hydrogens is 336 g/mol. The molecule has 1 heterocycles. The summed E-state index contributed by atoms with van der Waals surface area (Å²) in [7, 11) is 0. The van der Waals surface area contributed by atoms with E-state index < -0.39 is 0 Å². The molecule has 3 rings (SSSR count). The van der Waals surface area contributed by atoms with Crippen molar-refractivity contribution in [2.45, 2.75) is 13.1 Å². The highest BCUT2D eigenvalue weighted by Crippen LogP contribution is 2.09. The quantitative estimate of drug-likeness (QED) is 0.710. The van der Waals surface area contributed by atoms with E-state index in [0.717, 1.165) is 11.1 Å². The van der Waals surface area contributed by atoms with Crippen molar-refractivity contribution in [3.63, 3.8) is 0 Å². The van der Waals surface area contributed by atoms with E-state index in [1.807, 2.05) is 42.5 Å². The number of aromatic nitrogens is 2. The lowest BCUT2D eigenvalue weighted by Gasteiger charge is -2.08. The molecule has 0 unspecified atom stereocenters. The average molecular weight is 353 g/mol. The van der Waals surface area contributed by atoms with Crippen LogP contribution in [-0.2, 0) is 13.1 Å². The fourth-order valence-corrected chi connectivity index (χ4v) is 2.35. The van der Waals surface area contributed by atoms with Gasteiger partial charge in [-0.2, -0.15) is 0 Å². The number of hydrogen-bond acceptors (Lipinski definition) is 4. The largest absolute Gasteiger partial charge is 0.350 e. The van der Waals surface area contributed by atoms with E-state index in [1.165, 1.54) is 0 Å². The zero-order valence-corrected chi connectivity index (χ0v) is 14.2. The van der Waals surface area contributed by atoms with Crippen LogP contribution in [0.3, 0.4) is 0 Å². The van der Waals surface area contributed by atoms with E-state index in [0.29, 0.717) is 29.8 Å². The molecule has 1 amide bonds. The first-order valence-electron chi connectivity index (χ1n) is 7.84. The van der Waals surface area contributed by atoms with Gasteiger partial charge >= 0.3 is 0 Å². The van der Waals surface area contributed by atoms with Gasteiger partial charge in [0.15, 0.2) is 0 Å². The SMILES string of the molecule is O=C(NCc1ccc(Cl)cc1)c1ccnc(NCc2ccccc2)n1. The second-order valence-electron chi connectivity index (χ2n) is 5.41. The number of hydrogen-bond donors (Lipinski definition) is 2. The Morgan fingerprint density at radius 3 is 2.40 bits per heavy atom.